The minimum absolute atomic E-state index is 0.343. The van der Waals surface area contributed by atoms with Crippen LogP contribution in [0.1, 0.15) is 87.1 Å². The first-order chi connectivity index (χ1) is 19.8. The molecule has 2 aliphatic rings. The zero-order valence-corrected chi connectivity index (χ0v) is 23.5. The van der Waals surface area contributed by atoms with Crippen LogP contribution in [0, 0.1) is 0 Å². The minimum Gasteiger partial charge on any atom is -0.478 e. The molecule has 2 aromatic carbocycles. The van der Waals surface area contributed by atoms with Gasteiger partial charge < -0.3 is 23.8 Å². The van der Waals surface area contributed by atoms with Crippen LogP contribution in [0.25, 0.3) is 11.4 Å². The van der Waals surface area contributed by atoms with Crippen LogP contribution >= 0.6 is 0 Å². The highest BCUT2D eigenvalue weighted by Crippen LogP contribution is 2.39. The van der Waals surface area contributed by atoms with Gasteiger partial charge in [0.05, 0.1) is 0 Å². The van der Waals surface area contributed by atoms with E-state index in [0.717, 1.165) is 60.6 Å². The molecule has 0 atom stereocenters. The molecule has 0 amide bonds. The number of aromatic nitrogens is 4. The Hall–Kier alpha value is -4.21. The first kappa shape index (κ1) is 27.0. The Kier molecular flexibility index (Phi) is 7.47. The van der Waals surface area contributed by atoms with Gasteiger partial charge in [-0.2, -0.15) is 9.97 Å². The van der Waals surface area contributed by atoms with Crippen LogP contribution in [-0.4, -0.2) is 43.5 Å². The Morgan fingerprint density at radius 1 is 0.902 bits per heavy atom. The van der Waals surface area contributed by atoms with E-state index in [4.69, 9.17) is 18.8 Å². The maximum atomic E-state index is 11.4. The second kappa shape index (κ2) is 11.3. The van der Waals surface area contributed by atoms with Gasteiger partial charge in [-0.05, 0) is 74.4 Å². The van der Waals surface area contributed by atoms with Crippen molar-refractivity contribution in [3.05, 3.63) is 71.4 Å². The van der Waals surface area contributed by atoms with Crippen LogP contribution in [0.5, 0.6) is 5.75 Å². The molecule has 0 unspecified atom stereocenters. The zero-order chi connectivity index (χ0) is 28.4. The lowest BCUT2D eigenvalue weighted by Gasteiger charge is -2.22. The Morgan fingerprint density at radius 3 is 2.22 bits per heavy atom. The third-order valence-corrected chi connectivity index (χ3v) is 7.85. The van der Waals surface area contributed by atoms with Gasteiger partial charge in [0, 0.05) is 30.5 Å². The van der Waals surface area contributed by atoms with Gasteiger partial charge in [-0.3, -0.25) is 0 Å². The number of hydrogen-bond acceptors (Lipinski definition) is 9. The molecule has 6 rings (SSSR count). The molecule has 41 heavy (non-hydrogen) atoms. The number of carbonyl (C=O) groups is 1. The monoisotopic (exact) mass is 557 g/mol. The molecule has 2 fully saturated rings. The number of carboxylic acid groups (broad SMARTS) is 1. The van der Waals surface area contributed by atoms with E-state index in [0.29, 0.717) is 42.4 Å². The van der Waals surface area contributed by atoms with Crippen molar-refractivity contribution in [2.24, 2.45) is 0 Å². The van der Waals surface area contributed by atoms with E-state index >= 15 is 0 Å². The highest BCUT2D eigenvalue weighted by atomic mass is 16.5. The highest BCUT2D eigenvalue weighted by Gasteiger charge is 2.30. The molecule has 2 saturated carbocycles. The van der Waals surface area contributed by atoms with Gasteiger partial charge in [-0.25, -0.2) is 4.79 Å². The van der Waals surface area contributed by atoms with Crippen LogP contribution in [-0.2, 0) is 17.8 Å². The van der Waals surface area contributed by atoms with Crippen molar-refractivity contribution in [2.75, 3.05) is 11.4 Å². The van der Waals surface area contributed by atoms with E-state index in [9.17, 15) is 9.90 Å². The molecule has 2 aromatic heterocycles. The van der Waals surface area contributed by atoms with Crippen LogP contribution < -0.4 is 9.64 Å². The van der Waals surface area contributed by atoms with Crippen LogP contribution in [0.15, 0.2) is 57.6 Å². The fraction of sp³-hybridized carbons (Fsp3) is 0.452. The van der Waals surface area contributed by atoms with Gasteiger partial charge in [0.2, 0.25) is 17.6 Å². The fourth-order valence-electron chi connectivity index (χ4n) is 5.10. The third kappa shape index (κ3) is 6.42. The summed E-state index contributed by atoms with van der Waals surface area (Å²) in [4.78, 5) is 22.9. The van der Waals surface area contributed by atoms with E-state index in [1.54, 1.807) is 0 Å². The normalized spacial score (nSPS) is 15.8. The van der Waals surface area contributed by atoms with Gasteiger partial charge in [0.25, 0.3) is 5.95 Å². The number of ether oxygens (including phenoxy) is 1. The van der Waals surface area contributed by atoms with Crippen molar-refractivity contribution < 1.29 is 23.7 Å². The first-order valence-electron chi connectivity index (χ1n) is 14.4. The molecule has 10 nitrogen and oxygen atoms in total. The molecule has 10 heteroatoms. The maximum absolute atomic E-state index is 11.4. The summed E-state index contributed by atoms with van der Waals surface area (Å²) in [5.41, 5.74) is 1.82. The summed E-state index contributed by atoms with van der Waals surface area (Å²) in [7, 11) is 0. The lowest BCUT2D eigenvalue weighted by molar-refractivity contribution is -0.152. The predicted octanol–water partition coefficient (Wildman–Crippen LogP) is 6.15. The molecule has 0 aliphatic heterocycles. The summed E-state index contributed by atoms with van der Waals surface area (Å²) >= 11 is 0. The van der Waals surface area contributed by atoms with Crippen LogP contribution in [0.4, 0.5) is 5.95 Å². The number of aliphatic carboxylic acids is 1. The Balaban J connectivity index is 1.15. The average Bonchev–Trinajstić information content (AvgIpc) is 3.36. The summed E-state index contributed by atoms with van der Waals surface area (Å²) in [6, 6.07) is 15.7. The van der Waals surface area contributed by atoms with Gasteiger partial charge in [0.1, 0.15) is 5.75 Å². The molecule has 0 spiro atoms. The van der Waals surface area contributed by atoms with E-state index < -0.39 is 11.6 Å². The van der Waals surface area contributed by atoms with Crippen molar-refractivity contribution in [1.29, 1.82) is 0 Å². The molecule has 4 aromatic rings. The standard InChI is InChI=1S/C31H35N5O5/c1-31(2,29(37)38)39-25-15-9-20(10-16-25)17-18-36(30-33-28(41-35-30)23-5-3-4-6-23)19-21-7-11-22(12-8-21)26-32-27(40-34-26)24-13-14-24/h7-12,15-16,23-24H,3-6,13-14,17-19H2,1-2H3,(H,37,38). The lowest BCUT2D eigenvalue weighted by Crippen LogP contribution is -2.37. The summed E-state index contributed by atoms with van der Waals surface area (Å²) in [5.74, 6) is 2.94. The Morgan fingerprint density at radius 2 is 1.54 bits per heavy atom. The van der Waals surface area contributed by atoms with Crippen LogP contribution in [0.3, 0.4) is 0 Å². The molecule has 0 radical (unpaired) electrons. The number of carboxylic acids is 1. The van der Waals surface area contributed by atoms with Gasteiger partial charge >= 0.3 is 5.97 Å². The maximum Gasteiger partial charge on any atom is 0.347 e. The first-order valence-corrected chi connectivity index (χ1v) is 14.4. The number of hydrogen-bond donors (Lipinski definition) is 1. The van der Waals surface area contributed by atoms with E-state index in [1.165, 1.54) is 26.7 Å². The van der Waals surface area contributed by atoms with E-state index in [2.05, 4.69) is 32.3 Å². The summed E-state index contributed by atoms with van der Waals surface area (Å²) in [6.07, 6.45) is 7.56. The lowest BCUT2D eigenvalue weighted by atomic mass is 10.1. The fourth-order valence-corrected chi connectivity index (χ4v) is 5.10. The molecule has 214 valence electrons. The largest absolute Gasteiger partial charge is 0.478 e. The smallest absolute Gasteiger partial charge is 0.347 e. The molecule has 0 saturated heterocycles. The zero-order valence-electron chi connectivity index (χ0n) is 23.5. The SMILES string of the molecule is CC(C)(Oc1ccc(CCN(Cc2ccc(-c3noc(C4CC4)n3)cc2)c2noc(C3CCCC3)n2)cc1)C(=O)O. The van der Waals surface area contributed by atoms with E-state index in [-0.39, 0.29) is 0 Å². The van der Waals surface area contributed by atoms with Crippen molar-refractivity contribution in [1.82, 2.24) is 20.3 Å². The second-order valence-electron chi connectivity index (χ2n) is 11.6. The summed E-state index contributed by atoms with van der Waals surface area (Å²) < 4.78 is 16.8. The van der Waals surface area contributed by atoms with Crippen molar-refractivity contribution >= 4 is 11.9 Å². The van der Waals surface area contributed by atoms with Gasteiger partial charge in [0.15, 0.2) is 5.60 Å². The number of nitrogens with zero attached hydrogens (tertiary/aromatic N) is 5. The topological polar surface area (TPSA) is 128 Å². The summed E-state index contributed by atoms with van der Waals surface area (Å²) in [5, 5.41) is 17.9. The molecule has 2 heterocycles. The van der Waals surface area contributed by atoms with Crippen molar-refractivity contribution in [2.45, 2.75) is 82.8 Å². The number of rotatable bonds is 12. The minimum atomic E-state index is -1.30. The average molecular weight is 558 g/mol. The molecule has 0 bridgehead atoms. The molecule has 1 N–H and O–H groups in total. The second-order valence-corrected chi connectivity index (χ2v) is 11.6. The van der Waals surface area contributed by atoms with Crippen molar-refractivity contribution in [3.63, 3.8) is 0 Å². The molecular formula is C31H35N5O5. The number of benzene rings is 2. The van der Waals surface area contributed by atoms with Crippen molar-refractivity contribution in [3.8, 4) is 17.1 Å². The highest BCUT2D eigenvalue weighted by molar-refractivity contribution is 5.76. The molecule has 2 aliphatic carbocycles. The van der Waals surface area contributed by atoms with Gasteiger partial charge in [-0.15, -0.1) is 0 Å². The third-order valence-electron chi connectivity index (χ3n) is 7.85. The van der Waals surface area contributed by atoms with E-state index in [1.807, 2.05) is 36.4 Å². The summed E-state index contributed by atoms with van der Waals surface area (Å²) in [6.45, 7) is 4.34. The Labute approximate surface area is 238 Å². The number of anilines is 1. The quantitative estimate of drug-likeness (QED) is 0.217. The molecular weight excluding hydrogens is 522 g/mol. The van der Waals surface area contributed by atoms with Gasteiger partial charge in [-0.1, -0.05) is 54.4 Å². The Bertz CT molecular complexity index is 1470. The van der Waals surface area contributed by atoms with Crippen LogP contribution in [0.2, 0.25) is 0 Å². The predicted molar refractivity (Wildman–Crippen MR) is 151 cm³/mol.